The van der Waals surface area contributed by atoms with Gasteiger partial charge < -0.3 is 20.1 Å². The maximum absolute atomic E-state index is 13.1. The highest BCUT2D eigenvalue weighted by molar-refractivity contribution is 6.09. The largest absolute Gasteiger partial charge is 0.454 e. The topological polar surface area (TPSA) is 97.0 Å². The number of benzene rings is 1. The van der Waals surface area contributed by atoms with Crippen LogP contribution >= 0.6 is 0 Å². The number of urea groups is 1. The summed E-state index contributed by atoms with van der Waals surface area (Å²) in [6.07, 6.45) is 4.37. The van der Waals surface area contributed by atoms with Crippen LogP contribution in [0, 0.1) is 0 Å². The monoisotopic (exact) mass is 387 g/mol. The van der Waals surface area contributed by atoms with Gasteiger partial charge in [0.05, 0.1) is 0 Å². The zero-order chi connectivity index (χ0) is 19.9. The van der Waals surface area contributed by atoms with Gasteiger partial charge in [-0.25, -0.2) is 9.69 Å². The molecular formula is C20H25N3O5. The number of carbonyl (C=O) groups excluding carboxylic acids is 3. The molecule has 1 aromatic carbocycles. The Morgan fingerprint density at radius 1 is 1.29 bits per heavy atom. The van der Waals surface area contributed by atoms with Crippen molar-refractivity contribution in [3.63, 3.8) is 0 Å². The number of ether oxygens (including phenoxy) is 2. The highest BCUT2D eigenvalue weighted by Gasteiger charge is 2.50. The number of carbonyl (C=O) groups is 3. The average Bonchev–Trinajstić information content (AvgIpc) is 3.36. The van der Waals surface area contributed by atoms with Crippen molar-refractivity contribution >= 4 is 17.8 Å². The molecule has 0 radical (unpaired) electrons. The van der Waals surface area contributed by atoms with E-state index in [1.807, 2.05) is 12.1 Å². The third kappa shape index (κ3) is 3.27. The Morgan fingerprint density at radius 3 is 2.75 bits per heavy atom. The van der Waals surface area contributed by atoms with E-state index in [-0.39, 0.29) is 18.7 Å². The van der Waals surface area contributed by atoms with E-state index in [9.17, 15) is 14.4 Å². The molecule has 1 saturated heterocycles. The van der Waals surface area contributed by atoms with Crippen LogP contribution in [0.15, 0.2) is 18.2 Å². The molecule has 2 fully saturated rings. The van der Waals surface area contributed by atoms with Gasteiger partial charge in [0, 0.05) is 12.5 Å². The lowest BCUT2D eigenvalue weighted by Crippen LogP contribution is -2.51. The predicted octanol–water partition coefficient (Wildman–Crippen LogP) is 1.72. The van der Waals surface area contributed by atoms with Gasteiger partial charge in [-0.2, -0.15) is 0 Å². The molecule has 4 rings (SSSR count). The Balaban J connectivity index is 1.47. The second kappa shape index (κ2) is 7.00. The van der Waals surface area contributed by atoms with E-state index < -0.39 is 23.5 Å². The molecule has 8 heteroatoms. The number of nitrogens with one attached hydrogen (secondary N) is 2. The fourth-order valence-electron chi connectivity index (χ4n) is 4.15. The van der Waals surface area contributed by atoms with Crippen LogP contribution in [0.25, 0.3) is 0 Å². The van der Waals surface area contributed by atoms with Crippen LogP contribution in [-0.4, -0.2) is 47.2 Å². The summed E-state index contributed by atoms with van der Waals surface area (Å²) in [5.41, 5.74) is -0.280. The lowest BCUT2D eigenvalue weighted by Gasteiger charge is -2.25. The van der Waals surface area contributed by atoms with E-state index in [0.717, 1.165) is 36.1 Å². The molecule has 4 amide bonds. The van der Waals surface area contributed by atoms with Crippen LogP contribution in [0.2, 0.25) is 0 Å². The summed E-state index contributed by atoms with van der Waals surface area (Å²) in [6.45, 7) is 3.45. The molecule has 0 bridgehead atoms. The first kappa shape index (κ1) is 18.6. The third-order valence-electron chi connectivity index (χ3n) is 5.76. The van der Waals surface area contributed by atoms with Crippen molar-refractivity contribution in [2.45, 2.75) is 63.6 Å². The molecule has 3 aliphatic rings. The van der Waals surface area contributed by atoms with Crippen LogP contribution in [0.1, 0.15) is 45.1 Å². The number of imide groups is 1. The van der Waals surface area contributed by atoms with E-state index in [0.29, 0.717) is 17.9 Å². The zero-order valence-corrected chi connectivity index (χ0v) is 16.1. The van der Waals surface area contributed by atoms with Gasteiger partial charge in [-0.1, -0.05) is 18.9 Å². The van der Waals surface area contributed by atoms with Crippen LogP contribution in [0.3, 0.4) is 0 Å². The molecule has 2 heterocycles. The molecule has 2 aliphatic heterocycles. The number of amides is 4. The van der Waals surface area contributed by atoms with Gasteiger partial charge in [0.15, 0.2) is 11.5 Å². The summed E-state index contributed by atoms with van der Waals surface area (Å²) in [5.74, 6) is 0.598. The Morgan fingerprint density at radius 2 is 2.00 bits per heavy atom. The highest BCUT2D eigenvalue weighted by Crippen LogP contribution is 2.34. The lowest BCUT2D eigenvalue weighted by molar-refractivity contribution is -0.137. The minimum absolute atomic E-state index is 0.135. The lowest BCUT2D eigenvalue weighted by atomic mass is 9.92. The van der Waals surface area contributed by atoms with Crippen molar-refractivity contribution in [2.75, 3.05) is 6.79 Å². The fraction of sp³-hybridized carbons (Fsp3) is 0.550. The smallest absolute Gasteiger partial charge is 0.325 e. The maximum Gasteiger partial charge on any atom is 0.325 e. The summed E-state index contributed by atoms with van der Waals surface area (Å²) in [6, 6.07) is 4.19. The second-order valence-electron chi connectivity index (χ2n) is 7.97. The molecule has 8 nitrogen and oxygen atoms in total. The van der Waals surface area contributed by atoms with Crippen molar-refractivity contribution in [3.8, 4) is 11.5 Å². The van der Waals surface area contributed by atoms with Gasteiger partial charge in [0.1, 0.15) is 11.6 Å². The predicted molar refractivity (Wildman–Crippen MR) is 99.9 cm³/mol. The van der Waals surface area contributed by atoms with Gasteiger partial charge >= 0.3 is 6.03 Å². The Bertz CT molecular complexity index is 820. The molecule has 150 valence electrons. The zero-order valence-electron chi connectivity index (χ0n) is 16.1. The summed E-state index contributed by atoms with van der Waals surface area (Å²) in [7, 11) is 0. The average molecular weight is 387 g/mol. The van der Waals surface area contributed by atoms with Crippen molar-refractivity contribution in [2.24, 2.45) is 0 Å². The van der Waals surface area contributed by atoms with Gasteiger partial charge in [-0.15, -0.1) is 0 Å². The minimum atomic E-state index is -1.12. The number of fused-ring (bicyclic) bond motifs is 1. The standard InChI is InChI=1S/C20H25N3O5/c1-12(17(24)21-14-5-3-4-6-14)23-18(25)20(2,22-19(23)26)10-13-7-8-15-16(9-13)28-11-27-15/h7-9,12,14H,3-6,10-11H2,1-2H3,(H,21,24)(H,22,26)/t12-,20+/m0/s1. The van der Waals surface area contributed by atoms with Crippen molar-refractivity contribution in [1.82, 2.24) is 15.5 Å². The molecule has 2 atom stereocenters. The highest BCUT2D eigenvalue weighted by atomic mass is 16.7. The number of hydrogen-bond acceptors (Lipinski definition) is 5. The van der Waals surface area contributed by atoms with E-state index >= 15 is 0 Å². The summed E-state index contributed by atoms with van der Waals surface area (Å²) in [5, 5.41) is 5.72. The van der Waals surface area contributed by atoms with E-state index in [2.05, 4.69) is 10.6 Å². The first-order chi connectivity index (χ1) is 13.4. The van der Waals surface area contributed by atoms with Gasteiger partial charge in [-0.05, 0) is 44.4 Å². The normalized spacial score (nSPS) is 25.1. The number of rotatable bonds is 5. The van der Waals surface area contributed by atoms with Crippen LogP contribution < -0.4 is 20.1 Å². The molecule has 0 aromatic heterocycles. The van der Waals surface area contributed by atoms with Crippen molar-refractivity contribution in [3.05, 3.63) is 23.8 Å². The summed E-state index contributed by atoms with van der Waals surface area (Å²) < 4.78 is 10.7. The van der Waals surface area contributed by atoms with Crippen molar-refractivity contribution < 1.29 is 23.9 Å². The second-order valence-corrected chi connectivity index (χ2v) is 7.97. The quantitative estimate of drug-likeness (QED) is 0.750. The molecule has 1 saturated carbocycles. The van der Waals surface area contributed by atoms with Gasteiger partial charge in [-0.3, -0.25) is 9.59 Å². The van der Waals surface area contributed by atoms with Gasteiger partial charge in [0.25, 0.3) is 5.91 Å². The van der Waals surface area contributed by atoms with E-state index in [4.69, 9.17) is 9.47 Å². The van der Waals surface area contributed by atoms with Crippen LogP contribution in [0.5, 0.6) is 11.5 Å². The van der Waals surface area contributed by atoms with E-state index in [1.54, 1.807) is 19.9 Å². The maximum atomic E-state index is 13.1. The van der Waals surface area contributed by atoms with Gasteiger partial charge in [0.2, 0.25) is 12.7 Å². The molecule has 0 unspecified atom stereocenters. The van der Waals surface area contributed by atoms with E-state index in [1.165, 1.54) is 0 Å². The third-order valence-corrected chi connectivity index (χ3v) is 5.76. The molecular weight excluding hydrogens is 362 g/mol. The Hall–Kier alpha value is -2.77. The first-order valence-corrected chi connectivity index (χ1v) is 9.72. The first-order valence-electron chi connectivity index (χ1n) is 9.72. The molecule has 28 heavy (non-hydrogen) atoms. The van der Waals surface area contributed by atoms with Crippen molar-refractivity contribution in [1.29, 1.82) is 0 Å². The molecule has 2 N–H and O–H groups in total. The SMILES string of the molecule is C[C@@H](C(=O)NC1CCCC1)N1C(=O)N[C@](C)(Cc2ccc3c(c2)OCO3)C1=O. The molecule has 1 aromatic rings. The molecule has 0 spiro atoms. The van der Waals surface area contributed by atoms with Crippen LogP contribution in [0.4, 0.5) is 4.79 Å². The summed E-state index contributed by atoms with van der Waals surface area (Å²) >= 11 is 0. The minimum Gasteiger partial charge on any atom is -0.454 e. The van der Waals surface area contributed by atoms with Crippen LogP contribution in [-0.2, 0) is 16.0 Å². The number of nitrogens with zero attached hydrogens (tertiary/aromatic N) is 1. The summed E-state index contributed by atoms with van der Waals surface area (Å²) in [4.78, 5) is 39.2. The fourth-order valence-corrected chi connectivity index (χ4v) is 4.15. The molecule has 1 aliphatic carbocycles. The Labute approximate surface area is 163 Å². The number of hydrogen-bond donors (Lipinski definition) is 2. The Kier molecular flexibility index (Phi) is 4.64.